The van der Waals surface area contributed by atoms with E-state index in [2.05, 4.69) is 0 Å². The number of benzene rings is 1. The first-order valence-electron chi connectivity index (χ1n) is 5.13. The van der Waals surface area contributed by atoms with Crippen LogP contribution in [0.1, 0.15) is 17.4 Å². The minimum Gasteiger partial charge on any atom is -0.390 e. The zero-order chi connectivity index (χ0) is 11.5. The molecule has 2 rings (SSSR count). The van der Waals surface area contributed by atoms with Crippen molar-refractivity contribution in [1.29, 1.82) is 0 Å². The predicted molar refractivity (Wildman–Crippen MR) is 68.1 cm³/mol. The Morgan fingerprint density at radius 2 is 2.00 bits per heavy atom. The van der Waals surface area contributed by atoms with Gasteiger partial charge in [-0.05, 0) is 23.9 Å². The lowest BCUT2D eigenvalue weighted by atomic mass is 10.1. The van der Waals surface area contributed by atoms with Crippen molar-refractivity contribution in [3.63, 3.8) is 0 Å². The van der Waals surface area contributed by atoms with E-state index >= 15 is 0 Å². The molecule has 2 N–H and O–H groups in total. The van der Waals surface area contributed by atoms with Gasteiger partial charge in [0.1, 0.15) is 6.10 Å². The molecule has 2 nitrogen and oxygen atoms in total. The summed E-state index contributed by atoms with van der Waals surface area (Å²) in [5, 5.41) is 20.7. The molecule has 0 amide bonds. The maximum Gasteiger partial charge on any atom is 0.114 e. The molecule has 0 spiro atoms. The van der Waals surface area contributed by atoms with Crippen LogP contribution in [0.4, 0.5) is 0 Å². The molecular formula is C12H13ClO2S. The van der Waals surface area contributed by atoms with Gasteiger partial charge in [0.2, 0.25) is 0 Å². The Hall–Kier alpha value is -0.610. The van der Waals surface area contributed by atoms with E-state index in [9.17, 15) is 10.2 Å². The second-order valence-electron chi connectivity index (χ2n) is 3.68. The average Bonchev–Trinajstić information content (AvgIpc) is 2.71. The van der Waals surface area contributed by atoms with Crippen LogP contribution < -0.4 is 0 Å². The van der Waals surface area contributed by atoms with E-state index < -0.39 is 12.2 Å². The topological polar surface area (TPSA) is 40.5 Å². The molecule has 1 heterocycles. The van der Waals surface area contributed by atoms with Gasteiger partial charge in [-0.2, -0.15) is 0 Å². The number of alkyl halides is 1. The number of rotatable bonds is 4. The van der Waals surface area contributed by atoms with E-state index in [4.69, 9.17) is 11.6 Å². The molecule has 0 aliphatic carbocycles. The Balaban J connectivity index is 2.26. The molecule has 2 aromatic rings. The highest BCUT2D eigenvalue weighted by Crippen LogP contribution is 2.31. The van der Waals surface area contributed by atoms with Gasteiger partial charge >= 0.3 is 0 Å². The molecule has 16 heavy (non-hydrogen) atoms. The minimum atomic E-state index is -0.837. The third-order valence-corrected chi connectivity index (χ3v) is 3.91. The predicted octanol–water partition coefficient (Wildman–Crippen LogP) is 2.92. The number of hydrogen-bond acceptors (Lipinski definition) is 3. The summed E-state index contributed by atoms with van der Waals surface area (Å²) in [5.74, 6) is 0.350. The van der Waals surface area contributed by atoms with Crippen molar-refractivity contribution < 1.29 is 10.2 Å². The van der Waals surface area contributed by atoms with Gasteiger partial charge < -0.3 is 10.2 Å². The number of fused-ring (bicyclic) bond motifs is 1. The van der Waals surface area contributed by atoms with Gasteiger partial charge in [-0.25, -0.2) is 0 Å². The van der Waals surface area contributed by atoms with Crippen molar-refractivity contribution in [1.82, 2.24) is 0 Å². The van der Waals surface area contributed by atoms with Crippen LogP contribution in [-0.2, 0) is 0 Å². The Labute approximate surface area is 103 Å². The van der Waals surface area contributed by atoms with E-state index in [1.165, 1.54) is 11.3 Å². The lowest BCUT2D eigenvalue weighted by Gasteiger charge is -2.14. The quantitative estimate of drug-likeness (QED) is 0.826. The molecule has 0 aliphatic heterocycles. The number of aliphatic hydroxyl groups is 2. The van der Waals surface area contributed by atoms with E-state index in [0.29, 0.717) is 12.3 Å². The Morgan fingerprint density at radius 3 is 2.69 bits per heavy atom. The molecule has 2 atom stereocenters. The summed E-state index contributed by atoms with van der Waals surface area (Å²) >= 11 is 7.05. The molecule has 1 aromatic carbocycles. The summed E-state index contributed by atoms with van der Waals surface area (Å²) in [6, 6.07) is 9.84. The molecule has 0 fully saturated rings. The van der Waals surface area contributed by atoms with E-state index in [0.717, 1.165) is 15.0 Å². The van der Waals surface area contributed by atoms with Crippen LogP contribution in [0.2, 0.25) is 0 Å². The molecule has 1 aromatic heterocycles. The number of aliphatic hydroxyl groups excluding tert-OH is 2. The highest BCUT2D eigenvalue weighted by Gasteiger charge is 2.19. The molecular weight excluding hydrogens is 244 g/mol. The first kappa shape index (κ1) is 11.9. The van der Waals surface area contributed by atoms with E-state index in [1.807, 2.05) is 30.3 Å². The van der Waals surface area contributed by atoms with Gasteiger partial charge in [-0.1, -0.05) is 18.2 Å². The fourth-order valence-electron chi connectivity index (χ4n) is 1.61. The fourth-order valence-corrected chi connectivity index (χ4v) is 2.94. The zero-order valence-electron chi connectivity index (χ0n) is 8.64. The Morgan fingerprint density at radius 1 is 1.25 bits per heavy atom. The maximum atomic E-state index is 9.92. The van der Waals surface area contributed by atoms with Crippen LogP contribution in [0.25, 0.3) is 10.1 Å². The van der Waals surface area contributed by atoms with Crippen molar-refractivity contribution >= 4 is 33.0 Å². The second-order valence-corrected chi connectivity index (χ2v) is 5.17. The van der Waals surface area contributed by atoms with Crippen LogP contribution in [0.3, 0.4) is 0 Å². The minimum absolute atomic E-state index is 0.350. The summed E-state index contributed by atoms with van der Waals surface area (Å²) in [6.07, 6.45) is -1.22. The first-order chi connectivity index (χ1) is 7.72. The van der Waals surface area contributed by atoms with Crippen LogP contribution in [0, 0.1) is 0 Å². The van der Waals surface area contributed by atoms with Crippen LogP contribution >= 0.6 is 22.9 Å². The SMILES string of the molecule is OC(CCCl)C(O)c1cc2ccccc2s1. The zero-order valence-corrected chi connectivity index (χ0v) is 10.2. The maximum absolute atomic E-state index is 9.92. The molecule has 86 valence electrons. The largest absolute Gasteiger partial charge is 0.390 e. The van der Waals surface area contributed by atoms with Gasteiger partial charge in [0.15, 0.2) is 0 Å². The molecule has 4 heteroatoms. The summed E-state index contributed by atoms with van der Waals surface area (Å²) in [5.41, 5.74) is 0. The highest BCUT2D eigenvalue weighted by atomic mass is 35.5. The molecule has 0 aliphatic rings. The number of thiophene rings is 1. The van der Waals surface area contributed by atoms with Gasteiger partial charge in [0.25, 0.3) is 0 Å². The summed E-state index contributed by atoms with van der Waals surface area (Å²) in [6.45, 7) is 0. The highest BCUT2D eigenvalue weighted by molar-refractivity contribution is 7.19. The lowest BCUT2D eigenvalue weighted by Crippen LogP contribution is -2.17. The van der Waals surface area contributed by atoms with Crippen molar-refractivity contribution in [2.24, 2.45) is 0 Å². The molecule has 0 bridgehead atoms. The molecule has 0 radical (unpaired) electrons. The number of hydrogen-bond donors (Lipinski definition) is 2. The first-order valence-corrected chi connectivity index (χ1v) is 6.48. The van der Waals surface area contributed by atoms with Crippen molar-refractivity contribution in [2.75, 3.05) is 5.88 Å². The molecule has 2 unspecified atom stereocenters. The van der Waals surface area contributed by atoms with E-state index in [-0.39, 0.29) is 0 Å². The van der Waals surface area contributed by atoms with Crippen molar-refractivity contribution in [2.45, 2.75) is 18.6 Å². The van der Waals surface area contributed by atoms with Crippen LogP contribution in [0.15, 0.2) is 30.3 Å². The Kier molecular flexibility index (Phi) is 3.82. The molecule has 0 saturated carbocycles. The van der Waals surface area contributed by atoms with Gasteiger partial charge in [0, 0.05) is 15.5 Å². The Bertz CT molecular complexity index is 436. The van der Waals surface area contributed by atoms with Crippen LogP contribution in [-0.4, -0.2) is 22.2 Å². The monoisotopic (exact) mass is 256 g/mol. The average molecular weight is 257 g/mol. The van der Waals surface area contributed by atoms with Gasteiger partial charge in [-0.3, -0.25) is 0 Å². The summed E-state index contributed by atoms with van der Waals surface area (Å²) < 4.78 is 1.12. The number of halogens is 1. The molecule has 0 saturated heterocycles. The second kappa shape index (κ2) is 5.15. The van der Waals surface area contributed by atoms with Crippen LogP contribution in [0.5, 0.6) is 0 Å². The standard InChI is InChI=1S/C12H13ClO2S/c13-6-5-9(14)12(15)11-7-8-3-1-2-4-10(8)16-11/h1-4,7,9,12,14-15H,5-6H2. The summed E-state index contributed by atoms with van der Waals surface area (Å²) in [7, 11) is 0. The van der Waals surface area contributed by atoms with Crippen molar-refractivity contribution in [3.05, 3.63) is 35.2 Å². The third kappa shape index (κ3) is 2.38. The third-order valence-electron chi connectivity index (χ3n) is 2.51. The fraction of sp³-hybridized carbons (Fsp3) is 0.333. The van der Waals surface area contributed by atoms with Crippen molar-refractivity contribution in [3.8, 4) is 0 Å². The lowest BCUT2D eigenvalue weighted by molar-refractivity contribution is 0.0192. The van der Waals surface area contributed by atoms with E-state index in [1.54, 1.807) is 0 Å². The summed E-state index contributed by atoms with van der Waals surface area (Å²) in [4.78, 5) is 0.791. The van der Waals surface area contributed by atoms with Gasteiger partial charge in [-0.15, -0.1) is 22.9 Å². The smallest absolute Gasteiger partial charge is 0.114 e. The van der Waals surface area contributed by atoms with Gasteiger partial charge in [0.05, 0.1) is 6.10 Å². The normalized spacial score (nSPS) is 15.2.